The van der Waals surface area contributed by atoms with Crippen LogP contribution in [0.4, 0.5) is 5.69 Å². The second kappa shape index (κ2) is 9.36. The van der Waals surface area contributed by atoms with Crippen molar-refractivity contribution in [3.05, 3.63) is 65.2 Å². The number of rotatable bonds is 7. The number of nitrogens with one attached hydrogen (secondary N) is 1. The van der Waals surface area contributed by atoms with Crippen LogP contribution in [0.3, 0.4) is 0 Å². The minimum atomic E-state index is -0.0716. The molecular formula is C23H30N2O2. The number of amides is 2. The highest BCUT2D eigenvalue weighted by Crippen LogP contribution is 2.27. The summed E-state index contributed by atoms with van der Waals surface area (Å²) in [6.07, 6.45) is 0.266. The highest BCUT2D eigenvalue weighted by Gasteiger charge is 2.20. The molecule has 144 valence electrons. The Hall–Kier alpha value is -2.62. The Morgan fingerprint density at radius 3 is 2.26 bits per heavy atom. The summed E-state index contributed by atoms with van der Waals surface area (Å²) in [7, 11) is 0. The molecule has 4 heteroatoms. The summed E-state index contributed by atoms with van der Waals surface area (Å²) in [5.41, 5.74) is 4.14. The standard InChI is InChI=1S/C23H30N2O2/c1-16(2)21-13-9-10-17(3)23(21)24-22(27)14-15-25(19(5)26)18(4)20-11-7-6-8-12-20/h6-13,16,18H,14-15H2,1-5H3,(H,24,27). The van der Waals surface area contributed by atoms with Gasteiger partial charge in [0, 0.05) is 25.6 Å². The number of anilines is 1. The van der Waals surface area contributed by atoms with E-state index in [4.69, 9.17) is 0 Å². The van der Waals surface area contributed by atoms with E-state index in [1.54, 1.807) is 11.8 Å². The summed E-state index contributed by atoms with van der Waals surface area (Å²) in [4.78, 5) is 26.4. The normalized spacial score (nSPS) is 11.9. The minimum absolute atomic E-state index is 0.0297. The fraction of sp³-hybridized carbons (Fsp3) is 0.391. The van der Waals surface area contributed by atoms with Gasteiger partial charge in [0.05, 0.1) is 6.04 Å². The Balaban J connectivity index is 2.06. The zero-order valence-corrected chi connectivity index (χ0v) is 17.0. The molecule has 1 N–H and O–H groups in total. The van der Waals surface area contributed by atoms with Crippen LogP contribution in [0.5, 0.6) is 0 Å². The molecule has 2 rings (SSSR count). The molecule has 0 aromatic heterocycles. The number of hydrogen-bond donors (Lipinski definition) is 1. The van der Waals surface area contributed by atoms with E-state index >= 15 is 0 Å². The molecule has 0 radical (unpaired) electrons. The summed E-state index contributed by atoms with van der Waals surface area (Å²) < 4.78 is 0. The van der Waals surface area contributed by atoms with Crippen LogP contribution in [0.15, 0.2) is 48.5 Å². The average Bonchev–Trinajstić information content (AvgIpc) is 2.63. The molecule has 0 fully saturated rings. The van der Waals surface area contributed by atoms with Gasteiger partial charge in [0.25, 0.3) is 0 Å². The predicted molar refractivity (Wildman–Crippen MR) is 111 cm³/mol. The average molecular weight is 367 g/mol. The zero-order chi connectivity index (χ0) is 20.0. The van der Waals surface area contributed by atoms with Crippen LogP contribution >= 0.6 is 0 Å². The van der Waals surface area contributed by atoms with E-state index in [1.165, 1.54) is 0 Å². The minimum Gasteiger partial charge on any atom is -0.336 e. The third-order valence-corrected chi connectivity index (χ3v) is 4.93. The number of carbonyl (C=O) groups excluding carboxylic acids is 2. The maximum absolute atomic E-state index is 12.6. The van der Waals surface area contributed by atoms with E-state index in [9.17, 15) is 9.59 Å². The van der Waals surface area contributed by atoms with Gasteiger partial charge in [0.2, 0.25) is 11.8 Å². The predicted octanol–water partition coefficient (Wildman–Crippen LogP) is 5.06. The third kappa shape index (κ3) is 5.43. The fourth-order valence-corrected chi connectivity index (χ4v) is 3.30. The number of carbonyl (C=O) groups is 2. The lowest BCUT2D eigenvalue weighted by Gasteiger charge is -2.28. The molecule has 0 saturated carbocycles. The van der Waals surface area contributed by atoms with E-state index < -0.39 is 0 Å². The molecule has 0 saturated heterocycles. The van der Waals surface area contributed by atoms with Gasteiger partial charge in [-0.05, 0) is 36.5 Å². The summed E-state index contributed by atoms with van der Waals surface area (Å²) in [6.45, 7) is 10.2. The molecule has 0 spiro atoms. The van der Waals surface area contributed by atoms with Crippen molar-refractivity contribution in [1.29, 1.82) is 0 Å². The monoisotopic (exact) mass is 366 g/mol. The van der Waals surface area contributed by atoms with Crippen molar-refractivity contribution in [3.8, 4) is 0 Å². The van der Waals surface area contributed by atoms with Gasteiger partial charge in [-0.25, -0.2) is 0 Å². The first-order chi connectivity index (χ1) is 12.8. The molecule has 0 bridgehead atoms. The van der Waals surface area contributed by atoms with Crippen molar-refractivity contribution in [2.75, 3.05) is 11.9 Å². The molecule has 4 nitrogen and oxygen atoms in total. The third-order valence-electron chi connectivity index (χ3n) is 4.93. The Morgan fingerprint density at radius 1 is 1.00 bits per heavy atom. The van der Waals surface area contributed by atoms with Crippen LogP contribution in [-0.2, 0) is 9.59 Å². The summed E-state index contributed by atoms with van der Waals surface area (Å²) in [5, 5.41) is 3.06. The fourth-order valence-electron chi connectivity index (χ4n) is 3.30. The molecule has 2 aromatic carbocycles. The molecular weight excluding hydrogens is 336 g/mol. The van der Waals surface area contributed by atoms with E-state index in [1.807, 2.05) is 62.4 Å². The number of aryl methyl sites for hydroxylation is 1. The molecule has 0 aliphatic rings. The van der Waals surface area contributed by atoms with Gasteiger partial charge in [-0.3, -0.25) is 9.59 Å². The smallest absolute Gasteiger partial charge is 0.226 e. The highest BCUT2D eigenvalue weighted by molar-refractivity contribution is 5.92. The van der Waals surface area contributed by atoms with Crippen LogP contribution in [0.2, 0.25) is 0 Å². The van der Waals surface area contributed by atoms with Gasteiger partial charge >= 0.3 is 0 Å². The Kier molecular flexibility index (Phi) is 7.17. The maximum atomic E-state index is 12.6. The van der Waals surface area contributed by atoms with Gasteiger partial charge in [-0.1, -0.05) is 62.4 Å². The topological polar surface area (TPSA) is 49.4 Å². The van der Waals surface area contributed by atoms with Gasteiger partial charge in [0.1, 0.15) is 0 Å². The quantitative estimate of drug-likeness (QED) is 0.745. The lowest BCUT2D eigenvalue weighted by Crippen LogP contribution is -2.34. The Morgan fingerprint density at radius 2 is 1.67 bits per heavy atom. The van der Waals surface area contributed by atoms with Gasteiger partial charge in [-0.2, -0.15) is 0 Å². The number of hydrogen-bond acceptors (Lipinski definition) is 2. The van der Waals surface area contributed by atoms with Crippen LogP contribution < -0.4 is 5.32 Å². The first-order valence-corrected chi connectivity index (χ1v) is 9.52. The van der Waals surface area contributed by atoms with Gasteiger partial charge in [0.15, 0.2) is 0 Å². The molecule has 2 amide bonds. The van der Waals surface area contributed by atoms with Crippen molar-refractivity contribution < 1.29 is 9.59 Å². The first kappa shape index (κ1) is 20.7. The van der Waals surface area contributed by atoms with Crippen molar-refractivity contribution in [3.63, 3.8) is 0 Å². The maximum Gasteiger partial charge on any atom is 0.226 e. The number of nitrogens with zero attached hydrogens (tertiary/aromatic N) is 1. The summed E-state index contributed by atoms with van der Waals surface area (Å²) in [5.74, 6) is 0.225. The van der Waals surface area contributed by atoms with Crippen molar-refractivity contribution in [2.45, 2.75) is 53.0 Å². The second-order valence-corrected chi connectivity index (χ2v) is 7.29. The first-order valence-electron chi connectivity index (χ1n) is 9.52. The molecule has 0 heterocycles. The molecule has 2 aromatic rings. The molecule has 0 aliphatic heterocycles. The zero-order valence-electron chi connectivity index (χ0n) is 17.0. The SMILES string of the molecule is CC(=O)N(CCC(=O)Nc1c(C)cccc1C(C)C)C(C)c1ccccc1. The van der Waals surface area contributed by atoms with E-state index in [-0.39, 0.29) is 24.3 Å². The van der Waals surface area contributed by atoms with Crippen LogP contribution in [-0.4, -0.2) is 23.3 Å². The molecule has 1 unspecified atom stereocenters. The molecule has 27 heavy (non-hydrogen) atoms. The lowest BCUT2D eigenvalue weighted by molar-refractivity contribution is -0.131. The largest absolute Gasteiger partial charge is 0.336 e. The van der Waals surface area contributed by atoms with E-state index in [2.05, 4.69) is 19.2 Å². The Labute approximate surface area is 162 Å². The van der Waals surface area contributed by atoms with Crippen molar-refractivity contribution in [2.24, 2.45) is 0 Å². The van der Waals surface area contributed by atoms with Crippen molar-refractivity contribution in [1.82, 2.24) is 4.90 Å². The van der Waals surface area contributed by atoms with Gasteiger partial charge < -0.3 is 10.2 Å². The summed E-state index contributed by atoms with van der Waals surface area (Å²) in [6, 6.07) is 15.9. The lowest BCUT2D eigenvalue weighted by atomic mass is 9.98. The molecule has 1 atom stereocenters. The molecule has 0 aliphatic carbocycles. The van der Waals surface area contributed by atoms with Gasteiger partial charge in [-0.15, -0.1) is 0 Å². The summed E-state index contributed by atoms with van der Waals surface area (Å²) >= 11 is 0. The van der Waals surface area contributed by atoms with Crippen molar-refractivity contribution >= 4 is 17.5 Å². The van der Waals surface area contributed by atoms with Crippen LogP contribution in [0.1, 0.15) is 62.8 Å². The number of para-hydroxylation sites is 1. The second-order valence-electron chi connectivity index (χ2n) is 7.29. The van der Waals surface area contributed by atoms with Crippen LogP contribution in [0, 0.1) is 6.92 Å². The highest BCUT2D eigenvalue weighted by atomic mass is 16.2. The van der Waals surface area contributed by atoms with E-state index in [0.29, 0.717) is 12.5 Å². The number of benzene rings is 2. The Bertz CT molecular complexity index is 784. The van der Waals surface area contributed by atoms with E-state index in [0.717, 1.165) is 22.4 Å². The van der Waals surface area contributed by atoms with Crippen LogP contribution in [0.25, 0.3) is 0 Å².